The first kappa shape index (κ1) is 11.3. The van der Waals surface area contributed by atoms with E-state index in [2.05, 4.69) is 0 Å². The maximum atomic E-state index is 11.0. The van der Waals surface area contributed by atoms with E-state index in [0.29, 0.717) is 11.5 Å². The summed E-state index contributed by atoms with van der Waals surface area (Å²) in [6.07, 6.45) is 1.55. The predicted molar refractivity (Wildman–Crippen MR) is 61.2 cm³/mol. The maximum Gasteiger partial charge on any atom is 0.339 e. The van der Waals surface area contributed by atoms with E-state index in [9.17, 15) is 4.79 Å². The molecule has 0 bridgehead atoms. The molecule has 0 spiro atoms. The SMILES string of the molecule is Cc1cccc(C(=O)O)c1OCc1ccco1. The van der Waals surface area contributed by atoms with Crippen LogP contribution < -0.4 is 4.74 Å². The summed E-state index contributed by atoms with van der Waals surface area (Å²) in [5.41, 5.74) is 0.952. The quantitative estimate of drug-likeness (QED) is 0.880. The number of aromatic carboxylic acids is 1. The van der Waals surface area contributed by atoms with Crippen LogP contribution in [0.4, 0.5) is 0 Å². The molecule has 2 aromatic rings. The molecule has 17 heavy (non-hydrogen) atoms. The van der Waals surface area contributed by atoms with Gasteiger partial charge in [-0.2, -0.15) is 0 Å². The van der Waals surface area contributed by atoms with Crippen LogP contribution >= 0.6 is 0 Å². The minimum absolute atomic E-state index is 0.163. The second-order valence-electron chi connectivity index (χ2n) is 3.62. The van der Waals surface area contributed by atoms with Crippen LogP contribution in [0.3, 0.4) is 0 Å². The fourth-order valence-corrected chi connectivity index (χ4v) is 1.55. The molecule has 0 radical (unpaired) electrons. The Morgan fingerprint density at radius 1 is 1.35 bits per heavy atom. The lowest BCUT2D eigenvalue weighted by atomic mass is 10.1. The van der Waals surface area contributed by atoms with Crippen molar-refractivity contribution in [3.05, 3.63) is 53.5 Å². The van der Waals surface area contributed by atoms with Crippen molar-refractivity contribution in [2.24, 2.45) is 0 Å². The number of ether oxygens (including phenoxy) is 1. The molecule has 2 rings (SSSR count). The molecule has 0 saturated carbocycles. The van der Waals surface area contributed by atoms with Crippen LogP contribution in [0, 0.1) is 6.92 Å². The van der Waals surface area contributed by atoms with Crippen molar-refractivity contribution in [3.8, 4) is 5.75 Å². The number of hydrogen-bond donors (Lipinski definition) is 1. The van der Waals surface area contributed by atoms with Gasteiger partial charge in [0.2, 0.25) is 0 Å². The molecule has 0 unspecified atom stereocenters. The summed E-state index contributed by atoms with van der Waals surface area (Å²) in [4.78, 5) is 11.0. The number of carboxylic acids is 1. The lowest BCUT2D eigenvalue weighted by Crippen LogP contribution is -2.04. The molecule has 4 nitrogen and oxygen atoms in total. The third-order valence-corrected chi connectivity index (χ3v) is 2.38. The Bertz CT molecular complexity index is 514. The van der Waals surface area contributed by atoms with Crippen LogP contribution in [0.25, 0.3) is 0 Å². The minimum Gasteiger partial charge on any atom is -0.484 e. The molecule has 1 aromatic carbocycles. The molecular formula is C13H12O4. The van der Waals surface area contributed by atoms with Gasteiger partial charge in [0, 0.05) is 0 Å². The highest BCUT2D eigenvalue weighted by Crippen LogP contribution is 2.24. The zero-order chi connectivity index (χ0) is 12.3. The van der Waals surface area contributed by atoms with Gasteiger partial charge in [0.05, 0.1) is 6.26 Å². The van der Waals surface area contributed by atoms with Crippen LogP contribution in [-0.4, -0.2) is 11.1 Å². The zero-order valence-electron chi connectivity index (χ0n) is 9.34. The first-order valence-corrected chi connectivity index (χ1v) is 5.16. The number of benzene rings is 1. The number of carboxylic acid groups (broad SMARTS) is 1. The van der Waals surface area contributed by atoms with Gasteiger partial charge in [-0.25, -0.2) is 4.79 Å². The van der Waals surface area contributed by atoms with Crippen molar-refractivity contribution < 1.29 is 19.1 Å². The van der Waals surface area contributed by atoms with E-state index in [-0.39, 0.29) is 12.2 Å². The van der Waals surface area contributed by atoms with Gasteiger partial charge in [0.15, 0.2) is 0 Å². The smallest absolute Gasteiger partial charge is 0.339 e. The molecule has 88 valence electrons. The average Bonchev–Trinajstić information content (AvgIpc) is 2.80. The fourth-order valence-electron chi connectivity index (χ4n) is 1.55. The lowest BCUT2D eigenvalue weighted by molar-refractivity contribution is 0.0691. The first-order chi connectivity index (χ1) is 8.18. The summed E-state index contributed by atoms with van der Waals surface area (Å²) in [7, 11) is 0. The molecule has 1 heterocycles. The molecule has 0 aliphatic rings. The van der Waals surface area contributed by atoms with Crippen LogP contribution in [0.1, 0.15) is 21.7 Å². The molecule has 0 aliphatic heterocycles. The van der Waals surface area contributed by atoms with Crippen LogP contribution in [0.5, 0.6) is 5.75 Å². The average molecular weight is 232 g/mol. The Hall–Kier alpha value is -2.23. The van der Waals surface area contributed by atoms with Crippen LogP contribution in [0.15, 0.2) is 41.0 Å². The van der Waals surface area contributed by atoms with Crippen LogP contribution in [0.2, 0.25) is 0 Å². The lowest BCUT2D eigenvalue weighted by Gasteiger charge is -2.10. The number of hydrogen-bond acceptors (Lipinski definition) is 3. The normalized spacial score (nSPS) is 10.2. The van der Waals surface area contributed by atoms with E-state index in [1.807, 2.05) is 13.0 Å². The van der Waals surface area contributed by atoms with E-state index in [1.54, 1.807) is 24.5 Å². The standard InChI is InChI=1S/C13H12O4/c1-9-4-2-6-11(13(14)15)12(9)17-8-10-5-3-7-16-10/h2-7H,8H2,1H3,(H,14,15). The van der Waals surface area contributed by atoms with Gasteiger partial charge in [-0.1, -0.05) is 12.1 Å². The Morgan fingerprint density at radius 2 is 2.18 bits per heavy atom. The summed E-state index contributed by atoms with van der Waals surface area (Å²) in [5, 5.41) is 9.04. The van der Waals surface area contributed by atoms with Gasteiger partial charge >= 0.3 is 5.97 Å². The Balaban J connectivity index is 2.22. The highest BCUT2D eigenvalue weighted by Gasteiger charge is 2.13. The van der Waals surface area contributed by atoms with E-state index >= 15 is 0 Å². The molecule has 0 atom stereocenters. The summed E-state index contributed by atoms with van der Waals surface area (Å²) >= 11 is 0. The maximum absolute atomic E-state index is 11.0. The minimum atomic E-state index is -0.997. The van der Waals surface area contributed by atoms with E-state index in [0.717, 1.165) is 5.56 Å². The summed E-state index contributed by atoms with van der Waals surface area (Å²) in [6, 6.07) is 8.56. The summed E-state index contributed by atoms with van der Waals surface area (Å²) < 4.78 is 10.6. The Labute approximate surface area is 98.4 Å². The Kier molecular flexibility index (Phi) is 3.14. The zero-order valence-corrected chi connectivity index (χ0v) is 9.34. The van der Waals surface area contributed by atoms with E-state index < -0.39 is 5.97 Å². The van der Waals surface area contributed by atoms with Gasteiger partial charge in [0.1, 0.15) is 23.7 Å². The van der Waals surface area contributed by atoms with Gasteiger partial charge in [0.25, 0.3) is 0 Å². The van der Waals surface area contributed by atoms with Gasteiger partial charge in [-0.05, 0) is 30.7 Å². The monoisotopic (exact) mass is 232 g/mol. The summed E-state index contributed by atoms with van der Waals surface area (Å²) in [6.45, 7) is 2.03. The first-order valence-electron chi connectivity index (χ1n) is 5.16. The number of carbonyl (C=O) groups is 1. The third-order valence-electron chi connectivity index (χ3n) is 2.38. The van der Waals surface area contributed by atoms with Crippen molar-refractivity contribution in [2.75, 3.05) is 0 Å². The van der Waals surface area contributed by atoms with Crippen molar-refractivity contribution in [2.45, 2.75) is 13.5 Å². The summed E-state index contributed by atoms with van der Waals surface area (Å²) in [5.74, 6) is 0.0455. The van der Waals surface area contributed by atoms with Gasteiger partial charge in [-0.3, -0.25) is 0 Å². The number of aryl methyl sites for hydroxylation is 1. The molecule has 0 fully saturated rings. The highest BCUT2D eigenvalue weighted by atomic mass is 16.5. The number of furan rings is 1. The third kappa shape index (κ3) is 2.47. The van der Waals surface area contributed by atoms with E-state index in [4.69, 9.17) is 14.3 Å². The topological polar surface area (TPSA) is 59.7 Å². The van der Waals surface area contributed by atoms with Gasteiger partial charge in [-0.15, -0.1) is 0 Å². The van der Waals surface area contributed by atoms with Crippen molar-refractivity contribution in [1.29, 1.82) is 0 Å². The number of rotatable bonds is 4. The second kappa shape index (κ2) is 4.74. The van der Waals surface area contributed by atoms with Crippen LogP contribution in [-0.2, 0) is 6.61 Å². The molecule has 1 N–H and O–H groups in total. The molecule has 0 amide bonds. The van der Waals surface area contributed by atoms with E-state index in [1.165, 1.54) is 6.07 Å². The highest BCUT2D eigenvalue weighted by molar-refractivity contribution is 5.91. The predicted octanol–water partition coefficient (Wildman–Crippen LogP) is 2.87. The van der Waals surface area contributed by atoms with Crippen molar-refractivity contribution in [3.63, 3.8) is 0 Å². The molecule has 1 aromatic heterocycles. The van der Waals surface area contributed by atoms with Crippen molar-refractivity contribution >= 4 is 5.97 Å². The van der Waals surface area contributed by atoms with Crippen molar-refractivity contribution in [1.82, 2.24) is 0 Å². The molecular weight excluding hydrogens is 220 g/mol. The Morgan fingerprint density at radius 3 is 2.82 bits per heavy atom. The molecule has 0 aliphatic carbocycles. The largest absolute Gasteiger partial charge is 0.484 e. The second-order valence-corrected chi connectivity index (χ2v) is 3.62. The van der Waals surface area contributed by atoms with Gasteiger partial charge < -0.3 is 14.3 Å². The molecule has 4 heteroatoms. The number of para-hydroxylation sites is 1. The fraction of sp³-hybridized carbons (Fsp3) is 0.154. The molecule has 0 saturated heterocycles.